The maximum atomic E-state index is 11.1. The summed E-state index contributed by atoms with van der Waals surface area (Å²) < 4.78 is 11.7. The van der Waals surface area contributed by atoms with Crippen LogP contribution in [0, 0.1) is 20.2 Å². The fourth-order valence-corrected chi connectivity index (χ4v) is 5.11. The van der Waals surface area contributed by atoms with E-state index in [1.54, 1.807) is 24.3 Å². The summed E-state index contributed by atoms with van der Waals surface area (Å²) in [5.74, 6) is 2.02. The summed E-state index contributed by atoms with van der Waals surface area (Å²) in [7, 11) is 0. The number of rotatable bonds is 10. The predicted molar refractivity (Wildman–Crippen MR) is 170 cm³/mol. The van der Waals surface area contributed by atoms with E-state index in [1.165, 1.54) is 24.3 Å². The molecular formula is C36H32N2O6. The molecule has 5 rings (SSSR count). The zero-order chi connectivity index (χ0) is 31.5. The van der Waals surface area contributed by atoms with Gasteiger partial charge in [0.2, 0.25) is 0 Å². The van der Waals surface area contributed by atoms with Crippen molar-refractivity contribution >= 4 is 11.4 Å². The van der Waals surface area contributed by atoms with E-state index in [1.807, 2.05) is 48.5 Å². The van der Waals surface area contributed by atoms with E-state index >= 15 is 0 Å². The zero-order valence-corrected chi connectivity index (χ0v) is 24.9. The normalized spacial score (nSPS) is 11.5. The molecule has 0 bridgehead atoms. The molecule has 8 heteroatoms. The number of hydrogen-bond donors (Lipinski definition) is 0. The molecule has 0 unspecified atom stereocenters. The van der Waals surface area contributed by atoms with E-state index in [4.69, 9.17) is 9.47 Å². The number of nitro groups is 2. The van der Waals surface area contributed by atoms with Crippen LogP contribution in [-0.2, 0) is 10.8 Å². The molecule has 0 aliphatic carbocycles. The lowest BCUT2D eigenvalue weighted by atomic mass is 9.74. The minimum Gasteiger partial charge on any atom is -0.457 e. The van der Waals surface area contributed by atoms with E-state index in [2.05, 4.69) is 52.0 Å². The van der Waals surface area contributed by atoms with Crippen molar-refractivity contribution in [2.75, 3.05) is 0 Å². The number of ether oxygens (including phenoxy) is 2. The highest BCUT2D eigenvalue weighted by Crippen LogP contribution is 2.37. The van der Waals surface area contributed by atoms with Gasteiger partial charge in [-0.1, -0.05) is 88.4 Å². The number of nitrogens with zero attached hydrogens (tertiary/aromatic N) is 2. The van der Waals surface area contributed by atoms with E-state index in [-0.39, 0.29) is 22.2 Å². The van der Waals surface area contributed by atoms with Crippen molar-refractivity contribution < 1.29 is 19.3 Å². The van der Waals surface area contributed by atoms with Gasteiger partial charge in [0, 0.05) is 23.0 Å². The summed E-state index contributed by atoms with van der Waals surface area (Å²) in [6.07, 6.45) is 0. The number of non-ortho nitro benzene ring substituents is 2. The topological polar surface area (TPSA) is 105 Å². The lowest BCUT2D eigenvalue weighted by molar-refractivity contribution is -0.385. The maximum Gasteiger partial charge on any atom is 0.273 e. The SMILES string of the molecule is CC(C)(c1ccc(Oc2cccc([N+](=O)[O-])c2)cc1)c1ccc(C(C)(C)c2ccc(Oc3cccc([N+](=O)[O-])c3)cc2)cc1. The highest BCUT2D eigenvalue weighted by molar-refractivity contribution is 5.47. The number of hydrogen-bond acceptors (Lipinski definition) is 6. The summed E-state index contributed by atoms with van der Waals surface area (Å²) >= 11 is 0. The van der Waals surface area contributed by atoms with Crippen LogP contribution in [0.4, 0.5) is 11.4 Å². The molecule has 222 valence electrons. The molecule has 0 saturated carbocycles. The summed E-state index contributed by atoms with van der Waals surface area (Å²) in [4.78, 5) is 21.2. The monoisotopic (exact) mass is 588 g/mol. The second-order valence-electron chi connectivity index (χ2n) is 11.6. The van der Waals surface area contributed by atoms with Gasteiger partial charge in [-0.25, -0.2) is 0 Å². The highest BCUT2D eigenvalue weighted by atomic mass is 16.6. The lowest BCUT2D eigenvalue weighted by Crippen LogP contribution is -2.21. The molecule has 0 spiro atoms. The van der Waals surface area contributed by atoms with Gasteiger partial charge in [-0.15, -0.1) is 0 Å². The Morgan fingerprint density at radius 1 is 0.455 bits per heavy atom. The smallest absolute Gasteiger partial charge is 0.273 e. The molecule has 0 fully saturated rings. The van der Waals surface area contributed by atoms with Gasteiger partial charge < -0.3 is 9.47 Å². The van der Waals surface area contributed by atoms with E-state index in [0.29, 0.717) is 23.0 Å². The Bertz CT molecular complexity index is 1660. The van der Waals surface area contributed by atoms with Crippen molar-refractivity contribution in [3.05, 3.63) is 164 Å². The predicted octanol–water partition coefficient (Wildman–Crippen LogP) is 9.74. The molecule has 0 aromatic heterocycles. The third-order valence-corrected chi connectivity index (χ3v) is 8.01. The van der Waals surface area contributed by atoms with Gasteiger partial charge in [-0.05, 0) is 58.7 Å². The molecule has 0 atom stereocenters. The van der Waals surface area contributed by atoms with Crippen LogP contribution < -0.4 is 9.47 Å². The minimum atomic E-state index is -0.443. The number of nitro benzene ring substituents is 2. The van der Waals surface area contributed by atoms with Crippen LogP contribution >= 0.6 is 0 Å². The molecular weight excluding hydrogens is 556 g/mol. The Morgan fingerprint density at radius 3 is 1.05 bits per heavy atom. The van der Waals surface area contributed by atoms with Crippen LogP contribution in [-0.4, -0.2) is 9.85 Å². The average molecular weight is 589 g/mol. The van der Waals surface area contributed by atoms with Crippen LogP contribution in [0.25, 0.3) is 0 Å². The third kappa shape index (κ3) is 6.44. The van der Waals surface area contributed by atoms with Crippen molar-refractivity contribution in [3.63, 3.8) is 0 Å². The summed E-state index contributed by atoms with van der Waals surface area (Å²) in [6.45, 7) is 8.68. The van der Waals surface area contributed by atoms with Crippen molar-refractivity contribution in [2.45, 2.75) is 38.5 Å². The first-order chi connectivity index (χ1) is 20.9. The fraction of sp³-hybridized carbons (Fsp3) is 0.167. The Morgan fingerprint density at radius 2 is 0.750 bits per heavy atom. The molecule has 5 aromatic carbocycles. The van der Waals surface area contributed by atoms with Crippen molar-refractivity contribution in [3.8, 4) is 23.0 Å². The van der Waals surface area contributed by atoms with Gasteiger partial charge in [0.05, 0.1) is 22.0 Å². The molecule has 44 heavy (non-hydrogen) atoms. The molecule has 0 radical (unpaired) electrons. The largest absolute Gasteiger partial charge is 0.457 e. The van der Waals surface area contributed by atoms with Crippen molar-refractivity contribution in [1.82, 2.24) is 0 Å². The highest BCUT2D eigenvalue weighted by Gasteiger charge is 2.27. The Hall–Kier alpha value is -5.50. The summed E-state index contributed by atoms with van der Waals surface area (Å²) in [5.41, 5.74) is 3.93. The van der Waals surface area contributed by atoms with Crippen LogP contribution in [0.1, 0.15) is 49.9 Å². The van der Waals surface area contributed by atoms with Gasteiger partial charge in [0.1, 0.15) is 23.0 Å². The van der Waals surface area contributed by atoms with Crippen LogP contribution in [0.15, 0.2) is 121 Å². The molecule has 0 amide bonds. The van der Waals surface area contributed by atoms with E-state index in [9.17, 15) is 20.2 Å². The average Bonchev–Trinajstić information content (AvgIpc) is 3.02. The Balaban J connectivity index is 1.28. The first-order valence-electron chi connectivity index (χ1n) is 14.1. The minimum absolute atomic E-state index is 0.0176. The molecule has 0 aliphatic heterocycles. The standard InChI is InChI=1S/C36H32N2O6/c1-35(2,27-15-19-31(20-16-27)43-33-9-5-7-29(23-33)37(39)40)25-11-13-26(14-12-25)36(3,4)28-17-21-32(22-18-28)44-34-10-6-8-30(24-34)38(41)42/h5-24H,1-4H3. The maximum absolute atomic E-state index is 11.1. The Labute approximate surface area is 255 Å². The molecule has 8 nitrogen and oxygen atoms in total. The van der Waals surface area contributed by atoms with Crippen molar-refractivity contribution in [1.29, 1.82) is 0 Å². The molecule has 0 N–H and O–H groups in total. The molecule has 0 heterocycles. The first-order valence-corrected chi connectivity index (χ1v) is 14.1. The molecule has 0 saturated heterocycles. The zero-order valence-electron chi connectivity index (χ0n) is 24.9. The van der Waals surface area contributed by atoms with E-state index in [0.717, 1.165) is 22.3 Å². The van der Waals surface area contributed by atoms with Gasteiger partial charge in [0.25, 0.3) is 11.4 Å². The van der Waals surface area contributed by atoms with E-state index < -0.39 is 9.85 Å². The second-order valence-corrected chi connectivity index (χ2v) is 11.6. The van der Waals surface area contributed by atoms with Crippen LogP contribution in [0.5, 0.6) is 23.0 Å². The quantitative estimate of drug-likeness (QED) is 0.119. The Kier molecular flexibility index (Phi) is 8.18. The van der Waals surface area contributed by atoms with Gasteiger partial charge in [-0.2, -0.15) is 0 Å². The van der Waals surface area contributed by atoms with Gasteiger partial charge >= 0.3 is 0 Å². The number of benzene rings is 5. The molecule has 5 aromatic rings. The summed E-state index contributed by atoms with van der Waals surface area (Å²) in [6, 6.07) is 36.4. The second kappa shape index (κ2) is 12.0. The molecule has 0 aliphatic rings. The lowest BCUT2D eigenvalue weighted by Gasteiger charge is -2.29. The summed E-state index contributed by atoms with van der Waals surface area (Å²) in [5, 5.41) is 22.1. The van der Waals surface area contributed by atoms with Crippen LogP contribution in [0.3, 0.4) is 0 Å². The van der Waals surface area contributed by atoms with Gasteiger partial charge in [0.15, 0.2) is 0 Å². The van der Waals surface area contributed by atoms with Crippen LogP contribution in [0.2, 0.25) is 0 Å². The van der Waals surface area contributed by atoms with Gasteiger partial charge in [-0.3, -0.25) is 20.2 Å². The first kappa shape index (κ1) is 30.0. The van der Waals surface area contributed by atoms with Crippen molar-refractivity contribution in [2.24, 2.45) is 0 Å². The fourth-order valence-electron chi connectivity index (χ4n) is 5.11. The third-order valence-electron chi connectivity index (χ3n) is 8.01.